The molecule has 0 aromatic carbocycles. The summed E-state index contributed by atoms with van der Waals surface area (Å²) in [7, 11) is 0. The molecule has 0 aromatic heterocycles. The molecule has 0 atom stereocenters. The van der Waals surface area contributed by atoms with Crippen LogP contribution in [0.2, 0.25) is 0 Å². The number of rotatable bonds is 2. The number of terminal acetylenes is 1. The minimum Gasteiger partial charge on any atom is -0.352 e. The van der Waals surface area contributed by atoms with E-state index in [2.05, 4.69) is 16.1 Å². The van der Waals surface area contributed by atoms with Gasteiger partial charge in [0.05, 0.1) is 6.54 Å². The monoisotopic (exact) mass is 181 g/mol. The quantitative estimate of drug-likeness (QED) is 0.577. The number of nitrogens with zero attached hydrogens (tertiary/aromatic N) is 1. The van der Waals surface area contributed by atoms with Gasteiger partial charge in [0.25, 0.3) is 0 Å². The van der Waals surface area contributed by atoms with Crippen molar-refractivity contribution < 1.29 is 4.79 Å². The Balaban J connectivity index is 2.23. The number of carbonyl (C=O) groups excluding carboxylic acids is 1. The van der Waals surface area contributed by atoms with E-state index in [1.165, 1.54) is 0 Å². The van der Waals surface area contributed by atoms with Gasteiger partial charge in [-0.25, -0.2) is 4.79 Å². The van der Waals surface area contributed by atoms with Gasteiger partial charge in [-0.2, -0.15) is 0 Å². The van der Waals surface area contributed by atoms with E-state index in [9.17, 15) is 4.79 Å². The van der Waals surface area contributed by atoms with Crippen LogP contribution < -0.4 is 11.1 Å². The Labute approximate surface area is 78.5 Å². The molecule has 1 saturated heterocycles. The van der Waals surface area contributed by atoms with Crippen LogP contribution in [0.3, 0.4) is 0 Å². The summed E-state index contributed by atoms with van der Waals surface area (Å²) in [6.45, 7) is 2.58. The number of nitrogens with one attached hydrogen (secondary N) is 1. The van der Waals surface area contributed by atoms with E-state index in [1.807, 2.05) is 0 Å². The zero-order chi connectivity index (χ0) is 9.68. The number of piperidine rings is 1. The molecule has 4 heteroatoms. The van der Waals surface area contributed by atoms with E-state index < -0.39 is 6.03 Å². The summed E-state index contributed by atoms with van der Waals surface area (Å²) in [4.78, 5) is 12.7. The van der Waals surface area contributed by atoms with Crippen molar-refractivity contribution in [3.8, 4) is 12.3 Å². The summed E-state index contributed by atoms with van der Waals surface area (Å²) in [5.74, 6) is 2.61. The van der Waals surface area contributed by atoms with Crippen molar-refractivity contribution in [2.45, 2.75) is 18.9 Å². The highest BCUT2D eigenvalue weighted by Gasteiger charge is 2.18. The molecule has 0 saturated carbocycles. The SMILES string of the molecule is C#CCN1CCC(NC(N)=O)CC1. The van der Waals surface area contributed by atoms with Crippen molar-refractivity contribution >= 4 is 6.03 Å². The third-order valence-electron chi connectivity index (χ3n) is 2.25. The molecule has 0 aromatic rings. The summed E-state index contributed by atoms with van der Waals surface area (Å²) >= 11 is 0. The topological polar surface area (TPSA) is 58.4 Å². The molecule has 72 valence electrons. The van der Waals surface area contributed by atoms with Crippen LogP contribution in [0.1, 0.15) is 12.8 Å². The zero-order valence-corrected chi connectivity index (χ0v) is 7.62. The standard InChI is InChI=1S/C9H15N3O/c1-2-5-12-6-3-8(4-7-12)11-9(10)13/h1,8H,3-7H2,(H3,10,11,13). The molecule has 4 nitrogen and oxygen atoms in total. The van der Waals surface area contributed by atoms with Crippen LogP contribution in [0.5, 0.6) is 0 Å². The molecule has 1 aliphatic rings. The fraction of sp³-hybridized carbons (Fsp3) is 0.667. The van der Waals surface area contributed by atoms with Crippen LogP contribution in [0, 0.1) is 12.3 Å². The maximum atomic E-state index is 10.5. The molecule has 1 fully saturated rings. The van der Waals surface area contributed by atoms with Gasteiger partial charge in [0.1, 0.15) is 0 Å². The van der Waals surface area contributed by atoms with Crippen LogP contribution in [0.25, 0.3) is 0 Å². The van der Waals surface area contributed by atoms with Crippen LogP contribution in [-0.4, -0.2) is 36.6 Å². The highest BCUT2D eigenvalue weighted by molar-refractivity contribution is 5.71. The first-order valence-corrected chi connectivity index (χ1v) is 4.44. The first-order valence-electron chi connectivity index (χ1n) is 4.44. The molecule has 1 aliphatic heterocycles. The van der Waals surface area contributed by atoms with Crippen LogP contribution in [0.15, 0.2) is 0 Å². The summed E-state index contributed by atoms with van der Waals surface area (Å²) in [5.41, 5.74) is 5.02. The smallest absolute Gasteiger partial charge is 0.312 e. The predicted octanol–water partition coefficient (Wildman–Crippen LogP) is -0.248. The third-order valence-corrected chi connectivity index (χ3v) is 2.25. The van der Waals surface area contributed by atoms with Gasteiger partial charge in [-0.15, -0.1) is 6.42 Å². The molecule has 0 radical (unpaired) electrons. The number of carbonyl (C=O) groups is 1. The lowest BCUT2D eigenvalue weighted by Gasteiger charge is -2.30. The van der Waals surface area contributed by atoms with E-state index in [4.69, 9.17) is 12.2 Å². The Hall–Kier alpha value is -1.21. The number of nitrogens with two attached hydrogens (primary N) is 1. The molecule has 1 rings (SSSR count). The number of likely N-dealkylation sites (tertiary alicyclic amines) is 1. The van der Waals surface area contributed by atoms with Gasteiger partial charge in [0.2, 0.25) is 0 Å². The van der Waals surface area contributed by atoms with Gasteiger partial charge < -0.3 is 11.1 Å². The summed E-state index contributed by atoms with van der Waals surface area (Å²) in [6, 6.07) is -0.207. The Bertz CT molecular complexity index is 213. The maximum Gasteiger partial charge on any atom is 0.312 e. The minimum absolute atomic E-state index is 0.228. The van der Waals surface area contributed by atoms with Crippen LogP contribution in [0.4, 0.5) is 4.79 Å². The first-order chi connectivity index (χ1) is 6.22. The Kier molecular flexibility index (Phi) is 3.59. The van der Waals surface area contributed by atoms with Gasteiger partial charge in [-0.05, 0) is 12.8 Å². The van der Waals surface area contributed by atoms with Crippen molar-refractivity contribution in [2.75, 3.05) is 19.6 Å². The van der Waals surface area contributed by atoms with Crippen LogP contribution >= 0.6 is 0 Å². The highest BCUT2D eigenvalue weighted by atomic mass is 16.2. The minimum atomic E-state index is -0.435. The highest BCUT2D eigenvalue weighted by Crippen LogP contribution is 2.08. The summed E-state index contributed by atoms with van der Waals surface area (Å²) < 4.78 is 0. The van der Waals surface area contributed by atoms with E-state index in [-0.39, 0.29) is 6.04 Å². The van der Waals surface area contributed by atoms with Crippen molar-refractivity contribution in [2.24, 2.45) is 5.73 Å². The van der Waals surface area contributed by atoms with Crippen LogP contribution in [-0.2, 0) is 0 Å². The number of urea groups is 1. The molecular weight excluding hydrogens is 166 g/mol. The zero-order valence-electron chi connectivity index (χ0n) is 7.62. The number of hydrogen-bond donors (Lipinski definition) is 2. The fourth-order valence-corrected chi connectivity index (χ4v) is 1.57. The van der Waals surface area contributed by atoms with Gasteiger partial charge in [0, 0.05) is 19.1 Å². The molecule has 1 heterocycles. The van der Waals surface area contributed by atoms with Gasteiger partial charge in [-0.1, -0.05) is 5.92 Å². The maximum absolute atomic E-state index is 10.5. The molecule has 0 spiro atoms. The van der Waals surface area contributed by atoms with E-state index in [0.29, 0.717) is 6.54 Å². The molecule has 0 aliphatic carbocycles. The second-order valence-corrected chi connectivity index (χ2v) is 3.26. The Morgan fingerprint density at radius 3 is 2.69 bits per heavy atom. The molecule has 0 unspecified atom stereocenters. The average molecular weight is 181 g/mol. The third kappa shape index (κ3) is 3.34. The number of amides is 2. The Morgan fingerprint density at radius 2 is 2.23 bits per heavy atom. The van der Waals surface area contributed by atoms with Gasteiger partial charge >= 0.3 is 6.03 Å². The lowest BCUT2D eigenvalue weighted by atomic mass is 10.1. The number of hydrogen-bond acceptors (Lipinski definition) is 2. The normalized spacial score (nSPS) is 19.3. The lowest BCUT2D eigenvalue weighted by Crippen LogP contribution is -2.46. The van der Waals surface area contributed by atoms with Gasteiger partial charge in [0.15, 0.2) is 0 Å². The van der Waals surface area contributed by atoms with Crippen molar-refractivity contribution in [3.63, 3.8) is 0 Å². The molecule has 13 heavy (non-hydrogen) atoms. The molecule has 3 N–H and O–H groups in total. The average Bonchev–Trinajstić information content (AvgIpc) is 2.08. The Morgan fingerprint density at radius 1 is 1.62 bits per heavy atom. The van der Waals surface area contributed by atoms with Crippen molar-refractivity contribution in [1.82, 2.24) is 10.2 Å². The predicted molar refractivity (Wildman–Crippen MR) is 51.0 cm³/mol. The van der Waals surface area contributed by atoms with Crippen molar-refractivity contribution in [3.05, 3.63) is 0 Å². The molecule has 0 bridgehead atoms. The van der Waals surface area contributed by atoms with Crippen molar-refractivity contribution in [1.29, 1.82) is 0 Å². The fourth-order valence-electron chi connectivity index (χ4n) is 1.57. The molecular formula is C9H15N3O. The summed E-state index contributed by atoms with van der Waals surface area (Å²) in [5, 5.41) is 2.70. The second kappa shape index (κ2) is 4.73. The number of primary amides is 1. The largest absolute Gasteiger partial charge is 0.352 e. The van der Waals surface area contributed by atoms with E-state index in [0.717, 1.165) is 25.9 Å². The molecule has 2 amide bonds. The van der Waals surface area contributed by atoms with E-state index >= 15 is 0 Å². The first kappa shape index (κ1) is 9.87. The lowest BCUT2D eigenvalue weighted by molar-refractivity contribution is 0.210. The van der Waals surface area contributed by atoms with E-state index in [1.54, 1.807) is 0 Å². The van der Waals surface area contributed by atoms with Gasteiger partial charge in [-0.3, -0.25) is 4.90 Å². The second-order valence-electron chi connectivity index (χ2n) is 3.26. The summed E-state index contributed by atoms with van der Waals surface area (Å²) in [6.07, 6.45) is 7.06.